The Kier molecular flexibility index (Phi) is 3.69. The zero-order valence-corrected chi connectivity index (χ0v) is 13.1. The molecular formula is C15H10BrClN2O2. The number of benzene rings is 2. The van der Waals surface area contributed by atoms with Gasteiger partial charge in [-0.1, -0.05) is 33.6 Å². The van der Waals surface area contributed by atoms with Gasteiger partial charge in [-0.05, 0) is 35.7 Å². The molecule has 0 unspecified atom stereocenters. The monoisotopic (exact) mass is 364 g/mol. The number of fused-ring (bicyclic) bond motifs is 1. The quantitative estimate of drug-likeness (QED) is 0.483. The van der Waals surface area contributed by atoms with E-state index < -0.39 is 4.92 Å². The summed E-state index contributed by atoms with van der Waals surface area (Å²) < 4.78 is 2.96. The lowest BCUT2D eigenvalue weighted by molar-refractivity contribution is -0.385. The first kappa shape index (κ1) is 14.1. The molecule has 6 heteroatoms. The Morgan fingerprint density at radius 3 is 2.76 bits per heavy atom. The minimum atomic E-state index is -0.400. The maximum Gasteiger partial charge on any atom is 0.275 e. The minimum absolute atomic E-state index is 0.0411. The van der Waals surface area contributed by atoms with Crippen LogP contribution >= 0.6 is 27.5 Å². The van der Waals surface area contributed by atoms with Crippen LogP contribution in [0.4, 0.5) is 5.69 Å². The van der Waals surface area contributed by atoms with Crippen molar-refractivity contribution in [3.63, 3.8) is 0 Å². The standard InChI is InChI=1S/C15H10BrClN2O2/c16-12-3-1-10-5-6-18(14(10)7-12)9-11-2-4-13(17)8-15(11)19(20)21/h1-8H,9H2. The van der Waals surface area contributed by atoms with Crippen molar-refractivity contribution in [2.75, 3.05) is 0 Å². The van der Waals surface area contributed by atoms with Crippen LogP contribution in [-0.2, 0) is 6.54 Å². The average molecular weight is 366 g/mol. The minimum Gasteiger partial charge on any atom is -0.343 e. The van der Waals surface area contributed by atoms with Crippen LogP contribution in [-0.4, -0.2) is 9.49 Å². The smallest absolute Gasteiger partial charge is 0.275 e. The zero-order chi connectivity index (χ0) is 15.0. The van der Waals surface area contributed by atoms with Crippen LogP contribution in [0.1, 0.15) is 5.56 Å². The van der Waals surface area contributed by atoms with E-state index in [2.05, 4.69) is 15.9 Å². The van der Waals surface area contributed by atoms with Gasteiger partial charge in [-0.25, -0.2) is 0 Å². The largest absolute Gasteiger partial charge is 0.343 e. The third-order valence-corrected chi connectivity index (χ3v) is 4.05. The summed E-state index contributed by atoms with van der Waals surface area (Å²) in [5, 5.41) is 12.6. The van der Waals surface area contributed by atoms with E-state index in [1.807, 2.05) is 35.0 Å². The van der Waals surface area contributed by atoms with E-state index in [1.165, 1.54) is 6.07 Å². The molecule has 3 aromatic rings. The third-order valence-electron chi connectivity index (χ3n) is 3.32. The van der Waals surface area contributed by atoms with Crippen LogP contribution in [0.2, 0.25) is 5.02 Å². The van der Waals surface area contributed by atoms with E-state index >= 15 is 0 Å². The highest BCUT2D eigenvalue weighted by Crippen LogP contribution is 2.26. The normalized spacial score (nSPS) is 11.0. The Morgan fingerprint density at radius 1 is 1.19 bits per heavy atom. The summed E-state index contributed by atoms with van der Waals surface area (Å²) in [6, 6.07) is 12.7. The van der Waals surface area contributed by atoms with E-state index in [0.29, 0.717) is 17.1 Å². The van der Waals surface area contributed by atoms with Crippen molar-refractivity contribution in [2.45, 2.75) is 6.54 Å². The summed E-state index contributed by atoms with van der Waals surface area (Å²) in [5.74, 6) is 0. The van der Waals surface area contributed by atoms with Crippen LogP contribution in [0.15, 0.2) is 53.1 Å². The van der Waals surface area contributed by atoms with Gasteiger partial charge in [0.1, 0.15) is 0 Å². The molecule has 0 aliphatic rings. The van der Waals surface area contributed by atoms with Crippen LogP contribution < -0.4 is 0 Å². The predicted octanol–water partition coefficient (Wildman–Crippen LogP) is 5.01. The Hall–Kier alpha value is -1.85. The topological polar surface area (TPSA) is 48.1 Å². The highest BCUT2D eigenvalue weighted by molar-refractivity contribution is 9.10. The summed E-state index contributed by atoms with van der Waals surface area (Å²) in [6.45, 7) is 0.424. The molecule has 1 aromatic heterocycles. The lowest BCUT2D eigenvalue weighted by atomic mass is 10.1. The van der Waals surface area contributed by atoms with Crippen molar-refractivity contribution >= 4 is 44.1 Å². The van der Waals surface area contributed by atoms with Gasteiger partial charge in [0.05, 0.1) is 11.5 Å². The Labute approximate surface area is 134 Å². The molecule has 0 saturated heterocycles. The molecule has 0 fully saturated rings. The van der Waals surface area contributed by atoms with Gasteiger partial charge in [0.2, 0.25) is 0 Å². The Balaban J connectivity index is 2.06. The van der Waals surface area contributed by atoms with Crippen LogP contribution in [0.5, 0.6) is 0 Å². The van der Waals surface area contributed by atoms with E-state index in [1.54, 1.807) is 12.1 Å². The van der Waals surface area contributed by atoms with Crippen LogP contribution in [0.25, 0.3) is 10.9 Å². The number of nitro benzene ring substituents is 1. The van der Waals surface area contributed by atoms with Gasteiger partial charge < -0.3 is 4.57 Å². The fraction of sp³-hybridized carbons (Fsp3) is 0.0667. The SMILES string of the molecule is O=[N+]([O-])c1cc(Cl)ccc1Cn1ccc2ccc(Br)cc21. The van der Waals surface area contributed by atoms with Gasteiger partial charge in [0.15, 0.2) is 0 Å². The maximum atomic E-state index is 11.2. The molecule has 0 saturated carbocycles. The molecule has 21 heavy (non-hydrogen) atoms. The lowest BCUT2D eigenvalue weighted by Crippen LogP contribution is -2.02. The third kappa shape index (κ3) is 2.80. The molecule has 106 valence electrons. The second-order valence-corrected chi connectivity index (χ2v) is 6.03. The predicted molar refractivity (Wildman–Crippen MR) is 86.8 cm³/mol. The molecule has 2 aromatic carbocycles. The average Bonchev–Trinajstić information content (AvgIpc) is 2.83. The molecule has 0 amide bonds. The van der Waals surface area contributed by atoms with Crippen molar-refractivity contribution in [3.8, 4) is 0 Å². The number of rotatable bonds is 3. The molecule has 0 aliphatic heterocycles. The summed E-state index contributed by atoms with van der Waals surface area (Å²) in [5.41, 5.74) is 1.69. The first-order valence-electron chi connectivity index (χ1n) is 6.22. The van der Waals surface area contributed by atoms with E-state index in [9.17, 15) is 10.1 Å². The van der Waals surface area contributed by atoms with Gasteiger partial charge in [0.25, 0.3) is 5.69 Å². The Morgan fingerprint density at radius 2 is 2.00 bits per heavy atom. The Bertz CT molecular complexity index is 845. The molecule has 0 spiro atoms. The molecule has 4 nitrogen and oxygen atoms in total. The van der Waals surface area contributed by atoms with Crippen molar-refractivity contribution in [1.29, 1.82) is 0 Å². The molecule has 0 radical (unpaired) electrons. The van der Waals surface area contributed by atoms with E-state index in [4.69, 9.17) is 11.6 Å². The first-order valence-corrected chi connectivity index (χ1v) is 7.39. The summed E-state index contributed by atoms with van der Waals surface area (Å²) in [7, 11) is 0. The molecule has 3 rings (SSSR count). The number of aromatic nitrogens is 1. The zero-order valence-electron chi connectivity index (χ0n) is 10.8. The first-order chi connectivity index (χ1) is 10.0. The van der Waals surface area contributed by atoms with Crippen LogP contribution in [0, 0.1) is 10.1 Å². The number of hydrogen-bond donors (Lipinski definition) is 0. The van der Waals surface area contributed by atoms with Gasteiger partial charge >= 0.3 is 0 Å². The van der Waals surface area contributed by atoms with Crippen molar-refractivity contribution in [3.05, 3.63) is 73.8 Å². The molecule has 1 heterocycles. The fourth-order valence-electron chi connectivity index (χ4n) is 2.32. The molecule has 0 aliphatic carbocycles. The van der Waals surface area contributed by atoms with E-state index in [-0.39, 0.29) is 5.69 Å². The second-order valence-electron chi connectivity index (χ2n) is 4.68. The highest BCUT2D eigenvalue weighted by Gasteiger charge is 2.15. The molecule has 0 N–H and O–H groups in total. The van der Waals surface area contributed by atoms with Crippen molar-refractivity contribution < 1.29 is 4.92 Å². The van der Waals surface area contributed by atoms with Gasteiger partial charge in [-0.15, -0.1) is 0 Å². The van der Waals surface area contributed by atoms with Crippen LogP contribution in [0.3, 0.4) is 0 Å². The molecule has 0 atom stereocenters. The number of nitrogens with zero attached hydrogens (tertiary/aromatic N) is 2. The van der Waals surface area contributed by atoms with Crippen molar-refractivity contribution in [1.82, 2.24) is 4.57 Å². The van der Waals surface area contributed by atoms with Gasteiger partial charge in [-0.3, -0.25) is 10.1 Å². The number of halogens is 2. The summed E-state index contributed by atoms with van der Waals surface area (Å²) in [6.07, 6.45) is 1.93. The second kappa shape index (κ2) is 5.50. The van der Waals surface area contributed by atoms with Crippen molar-refractivity contribution in [2.24, 2.45) is 0 Å². The fourth-order valence-corrected chi connectivity index (χ4v) is 2.83. The van der Waals surface area contributed by atoms with Gasteiger partial charge in [-0.2, -0.15) is 0 Å². The molecule has 0 bridgehead atoms. The lowest BCUT2D eigenvalue weighted by Gasteiger charge is -2.07. The summed E-state index contributed by atoms with van der Waals surface area (Å²) in [4.78, 5) is 10.8. The van der Waals surface area contributed by atoms with E-state index in [0.717, 1.165) is 15.4 Å². The number of nitro groups is 1. The highest BCUT2D eigenvalue weighted by atomic mass is 79.9. The molecular weight excluding hydrogens is 356 g/mol. The van der Waals surface area contributed by atoms with Gasteiger partial charge in [0, 0.05) is 32.8 Å². The maximum absolute atomic E-state index is 11.2. The number of hydrogen-bond acceptors (Lipinski definition) is 2. The summed E-state index contributed by atoms with van der Waals surface area (Å²) >= 11 is 9.29.